The highest BCUT2D eigenvalue weighted by Gasteiger charge is 2.21. The fourth-order valence-electron chi connectivity index (χ4n) is 3.72. The quantitative estimate of drug-likeness (QED) is 0.455. The van der Waals surface area contributed by atoms with E-state index >= 15 is 0 Å². The molecule has 0 unspecified atom stereocenters. The number of thiophene rings is 1. The molecule has 0 aliphatic carbocycles. The second-order valence-corrected chi connectivity index (χ2v) is 9.81. The van der Waals surface area contributed by atoms with E-state index in [0.29, 0.717) is 33.6 Å². The average molecular weight is 549 g/mol. The summed E-state index contributed by atoms with van der Waals surface area (Å²) in [5, 5.41) is 5.89. The van der Waals surface area contributed by atoms with Crippen LogP contribution in [-0.2, 0) is 16.1 Å². The summed E-state index contributed by atoms with van der Waals surface area (Å²) >= 11 is 7.15. The zero-order valence-corrected chi connectivity index (χ0v) is 22.1. The number of amides is 3. The van der Waals surface area contributed by atoms with Crippen molar-refractivity contribution in [2.24, 2.45) is 0 Å². The van der Waals surface area contributed by atoms with Crippen LogP contribution in [0.5, 0.6) is 0 Å². The van der Waals surface area contributed by atoms with Gasteiger partial charge >= 0.3 is 0 Å². The normalized spacial score (nSPS) is 13.1. The van der Waals surface area contributed by atoms with E-state index in [1.54, 1.807) is 41.3 Å². The summed E-state index contributed by atoms with van der Waals surface area (Å²) < 4.78 is 5.72. The summed E-state index contributed by atoms with van der Waals surface area (Å²) in [6, 6.07) is 15.9. The van der Waals surface area contributed by atoms with Crippen LogP contribution in [0.2, 0.25) is 4.34 Å². The number of para-hydroxylation sites is 1. The van der Waals surface area contributed by atoms with Crippen LogP contribution in [-0.4, -0.2) is 51.6 Å². The first kappa shape index (κ1) is 27.5. The number of morpholine rings is 1. The van der Waals surface area contributed by atoms with Crippen LogP contribution in [0, 0.1) is 0 Å². The van der Waals surface area contributed by atoms with E-state index in [0.717, 1.165) is 16.9 Å². The minimum Gasteiger partial charge on any atom is -0.376 e. The number of anilines is 3. The molecule has 0 bridgehead atoms. The molecule has 0 spiro atoms. The van der Waals surface area contributed by atoms with Crippen molar-refractivity contribution in [3.05, 3.63) is 74.9 Å². The van der Waals surface area contributed by atoms with Crippen LogP contribution < -0.4 is 20.4 Å². The summed E-state index contributed by atoms with van der Waals surface area (Å²) in [5.74, 6) is -0.635. The maximum Gasteiger partial charge on any atom is 0.261 e. The second-order valence-electron chi connectivity index (χ2n) is 8.09. The van der Waals surface area contributed by atoms with Gasteiger partial charge in [0.1, 0.15) is 6.61 Å². The highest BCUT2D eigenvalue weighted by atomic mass is 35.5. The van der Waals surface area contributed by atoms with Gasteiger partial charge in [0.2, 0.25) is 0 Å². The molecule has 4 rings (SSSR count). The van der Waals surface area contributed by atoms with Gasteiger partial charge in [-0.2, -0.15) is 0 Å². The Morgan fingerprint density at radius 2 is 1.83 bits per heavy atom. The van der Waals surface area contributed by atoms with Crippen LogP contribution in [0.4, 0.5) is 17.1 Å². The molecule has 36 heavy (non-hydrogen) atoms. The van der Waals surface area contributed by atoms with Crippen molar-refractivity contribution in [3.63, 3.8) is 0 Å². The molecule has 0 atom stereocenters. The molecule has 2 heterocycles. The molecule has 1 aliphatic rings. The van der Waals surface area contributed by atoms with Crippen molar-refractivity contribution in [3.8, 4) is 0 Å². The van der Waals surface area contributed by atoms with E-state index in [2.05, 4.69) is 10.6 Å². The van der Waals surface area contributed by atoms with Crippen molar-refractivity contribution in [2.45, 2.75) is 6.54 Å². The minimum absolute atomic E-state index is 0. The highest BCUT2D eigenvalue weighted by molar-refractivity contribution is 7.18. The lowest BCUT2D eigenvalue weighted by molar-refractivity contribution is -0.125. The van der Waals surface area contributed by atoms with Gasteiger partial charge in [0.15, 0.2) is 0 Å². The summed E-state index contributed by atoms with van der Waals surface area (Å²) in [6.45, 7) is 1.24. The van der Waals surface area contributed by atoms with Crippen LogP contribution in [0.1, 0.15) is 25.6 Å². The third-order valence-corrected chi connectivity index (χ3v) is 6.74. The summed E-state index contributed by atoms with van der Waals surface area (Å²) in [6.07, 6.45) is 0. The Balaban J connectivity index is 0.00000361. The van der Waals surface area contributed by atoms with E-state index in [-0.39, 0.29) is 43.3 Å². The summed E-state index contributed by atoms with van der Waals surface area (Å²) in [5.41, 5.74) is 3.35. The molecule has 3 amide bonds. The Labute approximate surface area is 224 Å². The first-order chi connectivity index (χ1) is 16.8. The van der Waals surface area contributed by atoms with E-state index in [4.69, 9.17) is 16.3 Å². The Morgan fingerprint density at radius 1 is 1.08 bits per heavy atom. The van der Waals surface area contributed by atoms with Crippen molar-refractivity contribution < 1.29 is 19.1 Å². The number of benzene rings is 2. The van der Waals surface area contributed by atoms with Gasteiger partial charge in [-0.25, -0.2) is 0 Å². The molecule has 190 valence electrons. The third-order valence-electron chi connectivity index (χ3n) is 5.51. The van der Waals surface area contributed by atoms with E-state index in [1.807, 2.05) is 37.2 Å². The lowest BCUT2D eigenvalue weighted by atomic mass is 10.1. The zero-order chi connectivity index (χ0) is 24.9. The summed E-state index contributed by atoms with van der Waals surface area (Å²) in [4.78, 5) is 41.8. The largest absolute Gasteiger partial charge is 0.376 e. The fourth-order valence-corrected chi connectivity index (χ4v) is 4.68. The van der Waals surface area contributed by atoms with Gasteiger partial charge in [-0.05, 0) is 48.0 Å². The molecule has 1 aromatic heterocycles. The predicted molar refractivity (Wildman–Crippen MR) is 146 cm³/mol. The van der Waals surface area contributed by atoms with Gasteiger partial charge in [0, 0.05) is 38.4 Å². The number of carbonyl (C=O) groups is 3. The number of hydrogen-bond donors (Lipinski definition) is 2. The topological polar surface area (TPSA) is 91.0 Å². The van der Waals surface area contributed by atoms with Gasteiger partial charge in [-0.3, -0.25) is 14.4 Å². The van der Waals surface area contributed by atoms with Gasteiger partial charge in [-0.15, -0.1) is 23.7 Å². The molecule has 0 saturated carbocycles. The smallest absolute Gasteiger partial charge is 0.261 e. The SMILES string of the molecule is CN(C)c1cccc(CNC(=O)c2ccc(Cl)s2)c1NC(=O)c1ccc(N2CCOCC2=O)cc1.Cl. The first-order valence-corrected chi connectivity index (χ1v) is 12.1. The second kappa shape index (κ2) is 12.2. The Bertz CT molecular complexity index is 1250. The Kier molecular flexibility index (Phi) is 9.33. The molecule has 1 aliphatic heterocycles. The van der Waals surface area contributed by atoms with Gasteiger partial charge in [0.05, 0.1) is 27.2 Å². The summed E-state index contributed by atoms with van der Waals surface area (Å²) in [7, 11) is 3.77. The maximum atomic E-state index is 13.1. The number of rotatable bonds is 7. The number of ether oxygens (including phenoxy) is 1. The molecule has 1 fully saturated rings. The van der Waals surface area contributed by atoms with E-state index < -0.39 is 0 Å². The first-order valence-electron chi connectivity index (χ1n) is 11.0. The van der Waals surface area contributed by atoms with E-state index in [1.165, 1.54) is 11.3 Å². The van der Waals surface area contributed by atoms with Crippen molar-refractivity contribution in [1.29, 1.82) is 0 Å². The third kappa shape index (κ3) is 6.36. The number of carbonyl (C=O) groups excluding carboxylic acids is 3. The molecule has 0 radical (unpaired) electrons. The molecule has 2 aromatic carbocycles. The number of hydrogen-bond acceptors (Lipinski definition) is 6. The van der Waals surface area contributed by atoms with Gasteiger partial charge < -0.3 is 25.2 Å². The van der Waals surface area contributed by atoms with Crippen LogP contribution in [0.3, 0.4) is 0 Å². The van der Waals surface area contributed by atoms with Gasteiger partial charge in [-0.1, -0.05) is 23.7 Å². The van der Waals surface area contributed by atoms with E-state index in [9.17, 15) is 14.4 Å². The van der Waals surface area contributed by atoms with Crippen molar-refractivity contribution >= 4 is 70.1 Å². The lowest BCUT2D eigenvalue weighted by Crippen LogP contribution is -2.41. The molecular weight excluding hydrogens is 523 g/mol. The maximum absolute atomic E-state index is 13.1. The number of nitrogens with zero attached hydrogens (tertiary/aromatic N) is 2. The Morgan fingerprint density at radius 3 is 2.47 bits per heavy atom. The molecule has 3 aromatic rings. The van der Waals surface area contributed by atoms with Gasteiger partial charge in [0.25, 0.3) is 17.7 Å². The Hall–Kier alpha value is -3.11. The zero-order valence-electron chi connectivity index (χ0n) is 19.7. The van der Waals surface area contributed by atoms with Crippen LogP contribution in [0.15, 0.2) is 54.6 Å². The average Bonchev–Trinajstić information content (AvgIpc) is 3.29. The monoisotopic (exact) mass is 548 g/mol. The molecule has 2 N–H and O–H groups in total. The highest BCUT2D eigenvalue weighted by Crippen LogP contribution is 2.30. The molecular formula is C25H26Cl2N4O4S. The molecule has 11 heteroatoms. The lowest BCUT2D eigenvalue weighted by Gasteiger charge is -2.27. The van der Waals surface area contributed by atoms with Crippen molar-refractivity contribution in [1.82, 2.24) is 5.32 Å². The van der Waals surface area contributed by atoms with Crippen molar-refractivity contribution in [2.75, 3.05) is 49.0 Å². The fraction of sp³-hybridized carbons (Fsp3) is 0.240. The predicted octanol–water partition coefficient (Wildman–Crippen LogP) is 4.43. The molecule has 1 saturated heterocycles. The standard InChI is InChI=1S/C25H25ClN4O4S.ClH/c1-29(2)19-5-3-4-17(14-27-25(33)20-10-11-21(26)35-20)23(19)28-24(32)16-6-8-18(9-7-16)30-12-13-34-15-22(30)31;/h3-11H,12-15H2,1-2H3,(H,27,33)(H,28,32);1H. The minimum atomic E-state index is -0.295. The molecule has 8 nitrogen and oxygen atoms in total. The number of halogens is 2. The van der Waals surface area contributed by atoms with Crippen LogP contribution >= 0.6 is 35.3 Å². The number of nitrogens with one attached hydrogen (secondary N) is 2. The van der Waals surface area contributed by atoms with Crippen LogP contribution in [0.25, 0.3) is 0 Å².